The molecule has 0 aliphatic heterocycles. The fourth-order valence-corrected chi connectivity index (χ4v) is 1.88. The van der Waals surface area contributed by atoms with Gasteiger partial charge in [0.25, 0.3) is 0 Å². The Kier molecular flexibility index (Phi) is 2.26. The molecule has 0 bridgehead atoms. The van der Waals surface area contributed by atoms with E-state index in [-0.39, 0.29) is 10.4 Å². The second kappa shape index (κ2) is 3.14. The van der Waals surface area contributed by atoms with Crippen molar-refractivity contribution in [2.24, 2.45) is 0 Å². The Labute approximate surface area is 91.1 Å². The minimum atomic E-state index is -4.36. The summed E-state index contributed by atoms with van der Waals surface area (Å²) in [4.78, 5) is 0. The number of hydrogen-bond donors (Lipinski definition) is 0. The van der Waals surface area contributed by atoms with E-state index in [1.807, 2.05) is 6.92 Å². The first-order chi connectivity index (χ1) is 6.83. The first kappa shape index (κ1) is 10.8. The lowest BCUT2D eigenvalue weighted by atomic mass is 9.97. The van der Waals surface area contributed by atoms with Crippen LogP contribution in [0.25, 0.3) is 0 Å². The minimum absolute atomic E-state index is 0.0494. The topological polar surface area (TPSA) is 0 Å². The molecule has 0 N–H and O–H groups in total. The molecule has 82 valence electrons. The van der Waals surface area contributed by atoms with Gasteiger partial charge in [0.15, 0.2) is 0 Å². The van der Waals surface area contributed by atoms with Crippen molar-refractivity contribution in [3.05, 3.63) is 34.3 Å². The first-order valence-electron chi connectivity index (χ1n) is 4.70. The van der Waals surface area contributed by atoms with Crippen LogP contribution >= 0.6 is 11.6 Å². The summed E-state index contributed by atoms with van der Waals surface area (Å²) in [6.07, 6.45) is -2.32. The molecule has 4 heteroatoms. The highest BCUT2D eigenvalue weighted by Gasteiger charge is 2.40. The van der Waals surface area contributed by atoms with Gasteiger partial charge in [0.05, 0.1) is 10.6 Å². The average Bonchev–Trinajstić information content (AvgIpc) is 2.82. The predicted octanol–water partition coefficient (Wildman–Crippen LogP) is 4.41. The van der Waals surface area contributed by atoms with E-state index < -0.39 is 11.7 Å². The number of benzene rings is 1. The second-order valence-corrected chi connectivity index (χ2v) is 4.66. The van der Waals surface area contributed by atoms with E-state index in [4.69, 9.17) is 11.6 Å². The van der Waals surface area contributed by atoms with Crippen LogP contribution in [0.15, 0.2) is 18.2 Å². The van der Waals surface area contributed by atoms with Crippen LogP contribution in [0.1, 0.15) is 30.9 Å². The van der Waals surface area contributed by atoms with E-state index in [0.717, 1.165) is 24.5 Å². The molecule has 1 saturated carbocycles. The predicted molar refractivity (Wildman–Crippen MR) is 53.0 cm³/mol. The maximum atomic E-state index is 12.4. The summed E-state index contributed by atoms with van der Waals surface area (Å²) in [6, 6.07) is 4.04. The van der Waals surface area contributed by atoms with Crippen molar-refractivity contribution in [3.8, 4) is 0 Å². The van der Waals surface area contributed by atoms with Crippen LogP contribution in [0.4, 0.5) is 13.2 Å². The zero-order valence-electron chi connectivity index (χ0n) is 8.16. The van der Waals surface area contributed by atoms with Gasteiger partial charge in [-0.05, 0) is 36.0 Å². The number of alkyl halides is 3. The van der Waals surface area contributed by atoms with E-state index in [2.05, 4.69) is 0 Å². The van der Waals surface area contributed by atoms with Gasteiger partial charge in [-0.3, -0.25) is 0 Å². The van der Waals surface area contributed by atoms with Crippen LogP contribution in [0, 0.1) is 0 Å². The van der Waals surface area contributed by atoms with E-state index in [1.54, 1.807) is 0 Å². The zero-order valence-corrected chi connectivity index (χ0v) is 8.91. The lowest BCUT2D eigenvalue weighted by Gasteiger charge is -2.13. The molecular formula is C11H10ClF3. The maximum Gasteiger partial charge on any atom is 0.417 e. The lowest BCUT2D eigenvalue weighted by Crippen LogP contribution is -2.07. The van der Waals surface area contributed by atoms with Crippen LogP contribution in [0.5, 0.6) is 0 Å². The summed E-state index contributed by atoms with van der Waals surface area (Å²) < 4.78 is 37.2. The molecule has 0 nitrogen and oxygen atoms in total. The van der Waals surface area contributed by atoms with Crippen molar-refractivity contribution in [2.75, 3.05) is 0 Å². The van der Waals surface area contributed by atoms with E-state index in [9.17, 15) is 13.2 Å². The number of halogens is 4. The average molecular weight is 235 g/mol. The first-order valence-corrected chi connectivity index (χ1v) is 5.08. The third-order valence-electron chi connectivity index (χ3n) is 2.97. The standard InChI is InChI=1S/C11H10ClF3/c1-10(4-5-10)7-2-3-8(9(12)6-7)11(13,14)15/h2-3,6H,4-5H2,1H3. The van der Waals surface area contributed by atoms with Crippen molar-refractivity contribution >= 4 is 11.6 Å². The van der Waals surface area contributed by atoms with Gasteiger partial charge in [-0.15, -0.1) is 0 Å². The molecule has 2 rings (SSSR count). The smallest absolute Gasteiger partial charge is 0.166 e. The molecule has 1 aromatic rings. The second-order valence-electron chi connectivity index (χ2n) is 4.25. The van der Waals surface area contributed by atoms with Gasteiger partial charge in [-0.1, -0.05) is 24.6 Å². The largest absolute Gasteiger partial charge is 0.417 e. The highest BCUT2D eigenvalue weighted by atomic mass is 35.5. The molecule has 0 spiro atoms. The van der Waals surface area contributed by atoms with E-state index in [0.29, 0.717) is 0 Å². The fraction of sp³-hybridized carbons (Fsp3) is 0.455. The van der Waals surface area contributed by atoms with E-state index in [1.165, 1.54) is 12.1 Å². The molecule has 0 aromatic heterocycles. The summed E-state index contributed by atoms with van der Waals surface area (Å²) in [5.41, 5.74) is 0.200. The fourth-order valence-electron chi connectivity index (χ4n) is 1.60. The number of rotatable bonds is 1. The van der Waals surface area contributed by atoms with Crippen LogP contribution < -0.4 is 0 Å². The minimum Gasteiger partial charge on any atom is -0.166 e. The molecule has 0 heterocycles. The summed E-state index contributed by atoms with van der Waals surface area (Å²) in [6.45, 7) is 2.03. The van der Waals surface area contributed by atoms with E-state index >= 15 is 0 Å². The SMILES string of the molecule is CC1(c2ccc(C(F)(F)F)c(Cl)c2)CC1. The summed E-state index contributed by atoms with van der Waals surface area (Å²) in [5, 5.41) is -0.201. The van der Waals surface area contributed by atoms with Crippen molar-refractivity contribution in [1.82, 2.24) is 0 Å². The molecule has 0 atom stereocenters. The lowest BCUT2D eigenvalue weighted by molar-refractivity contribution is -0.137. The Morgan fingerprint density at radius 2 is 1.87 bits per heavy atom. The third-order valence-corrected chi connectivity index (χ3v) is 3.28. The van der Waals surface area contributed by atoms with Gasteiger partial charge >= 0.3 is 6.18 Å². The summed E-state index contributed by atoms with van der Waals surface area (Å²) in [7, 11) is 0. The van der Waals surface area contributed by atoms with Crippen LogP contribution in [-0.2, 0) is 11.6 Å². The van der Waals surface area contributed by atoms with Crippen molar-refractivity contribution in [3.63, 3.8) is 0 Å². The van der Waals surface area contributed by atoms with Gasteiger partial charge < -0.3 is 0 Å². The molecule has 15 heavy (non-hydrogen) atoms. The molecule has 0 amide bonds. The molecule has 0 radical (unpaired) electrons. The van der Waals surface area contributed by atoms with Gasteiger partial charge in [-0.2, -0.15) is 13.2 Å². The van der Waals surface area contributed by atoms with Crippen molar-refractivity contribution in [1.29, 1.82) is 0 Å². The Morgan fingerprint density at radius 1 is 1.27 bits per heavy atom. The molecule has 0 saturated heterocycles. The monoisotopic (exact) mass is 234 g/mol. The molecule has 1 aliphatic rings. The van der Waals surface area contributed by atoms with Gasteiger partial charge in [0, 0.05) is 0 Å². The Morgan fingerprint density at radius 3 is 2.27 bits per heavy atom. The van der Waals surface area contributed by atoms with Crippen LogP contribution in [0.2, 0.25) is 5.02 Å². The van der Waals surface area contributed by atoms with Crippen molar-refractivity contribution in [2.45, 2.75) is 31.4 Å². The highest BCUT2D eigenvalue weighted by molar-refractivity contribution is 6.31. The normalized spacial score (nSPS) is 19.0. The zero-order chi connectivity index (χ0) is 11.3. The Bertz CT molecular complexity index is 391. The van der Waals surface area contributed by atoms with Crippen molar-refractivity contribution < 1.29 is 13.2 Å². The summed E-state index contributed by atoms with van der Waals surface area (Å²) >= 11 is 5.63. The number of hydrogen-bond acceptors (Lipinski definition) is 0. The van der Waals surface area contributed by atoms with Gasteiger partial charge in [0.2, 0.25) is 0 Å². The third kappa shape index (κ3) is 1.98. The van der Waals surface area contributed by atoms with Gasteiger partial charge in [0.1, 0.15) is 0 Å². The Hall–Kier alpha value is -0.700. The Balaban J connectivity index is 2.39. The maximum absolute atomic E-state index is 12.4. The molecule has 1 aromatic carbocycles. The summed E-state index contributed by atoms with van der Waals surface area (Å²) in [5.74, 6) is 0. The highest BCUT2D eigenvalue weighted by Crippen LogP contribution is 2.49. The van der Waals surface area contributed by atoms with Crippen LogP contribution in [0.3, 0.4) is 0 Å². The molecular weight excluding hydrogens is 225 g/mol. The van der Waals surface area contributed by atoms with Crippen LogP contribution in [-0.4, -0.2) is 0 Å². The molecule has 1 aliphatic carbocycles. The molecule has 0 unspecified atom stereocenters. The quantitative estimate of drug-likeness (QED) is 0.675. The van der Waals surface area contributed by atoms with Gasteiger partial charge in [-0.25, -0.2) is 0 Å². The molecule has 1 fully saturated rings.